The lowest BCUT2D eigenvalue weighted by Crippen LogP contribution is -1.97. The fraction of sp³-hybridized carbons (Fsp3) is 0.571. The van der Waals surface area contributed by atoms with E-state index in [4.69, 9.17) is 7.11 Å². The Balaban J connectivity index is 3.17. The number of hydrogen-bond donors (Lipinski definition) is 0. The van der Waals surface area contributed by atoms with E-state index < -0.39 is 0 Å². The van der Waals surface area contributed by atoms with Crippen LogP contribution in [0, 0.1) is 13.0 Å². The minimum absolute atomic E-state index is 0.373. The van der Waals surface area contributed by atoms with Crippen LogP contribution in [0.4, 0.5) is 0 Å². The molecule has 1 nitrogen and oxygen atoms in total. The Bertz CT molecular complexity index is 66.8. The largest absolute Gasteiger partial charge is 0.365 e. The predicted molar refractivity (Wildman–Crippen MR) is 33.2 cm³/mol. The van der Waals surface area contributed by atoms with Crippen molar-refractivity contribution in [1.29, 1.82) is 0 Å². The first-order valence-corrected chi connectivity index (χ1v) is 2.72. The van der Waals surface area contributed by atoms with Crippen molar-refractivity contribution in [3.8, 4) is 0 Å². The van der Waals surface area contributed by atoms with Crippen molar-refractivity contribution < 1.29 is 4.74 Å². The maximum Gasteiger partial charge on any atom is 0.173 e. The van der Waals surface area contributed by atoms with E-state index >= 15 is 0 Å². The van der Waals surface area contributed by atoms with Crippen molar-refractivity contribution >= 4 is 0 Å². The van der Waals surface area contributed by atoms with E-state index in [1.807, 2.05) is 26.0 Å². The fourth-order valence-electron chi connectivity index (χ4n) is 0.516. The highest BCUT2D eigenvalue weighted by Crippen LogP contribution is 1.95. The molecule has 0 heterocycles. The molecule has 1 heteroatoms. The summed E-state index contributed by atoms with van der Waals surface area (Å²) in [6, 6.07) is 0. The van der Waals surface area contributed by atoms with Crippen LogP contribution < -0.4 is 0 Å². The van der Waals surface area contributed by atoms with Gasteiger partial charge in [-0.25, -0.2) is 0 Å². The van der Waals surface area contributed by atoms with Gasteiger partial charge >= 0.3 is 0 Å². The highest BCUT2D eigenvalue weighted by Gasteiger charge is 1.91. The molecule has 0 aliphatic carbocycles. The van der Waals surface area contributed by atoms with Crippen LogP contribution >= 0.6 is 0 Å². The Morgan fingerprint density at radius 2 is 2.38 bits per heavy atom. The van der Waals surface area contributed by atoms with Crippen molar-refractivity contribution in [2.24, 2.45) is 5.92 Å². The molecule has 0 bridgehead atoms. The molecule has 0 N–H and O–H groups in total. The second-order valence-corrected chi connectivity index (χ2v) is 1.81. The lowest BCUT2D eigenvalue weighted by molar-refractivity contribution is 0.216. The van der Waals surface area contributed by atoms with Gasteiger partial charge in [0.2, 0.25) is 0 Å². The zero-order valence-electron chi connectivity index (χ0n) is 5.35. The first-order valence-electron chi connectivity index (χ1n) is 2.72. The maximum absolute atomic E-state index is 6.38. The van der Waals surface area contributed by atoms with E-state index in [9.17, 15) is 0 Å². The summed E-state index contributed by atoms with van der Waals surface area (Å²) in [4.78, 5) is 0. The van der Waals surface area contributed by atoms with Crippen LogP contribution in [0.5, 0.6) is 0 Å². The Morgan fingerprint density at radius 3 is 2.75 bits per heavy atom. The molecule has 0 aromatic rings. The average molecular weight is 111 g/mol. The van der Waals surface area contributed by atoms with Gasteiger partial charge in [0.1, 0.15) is 0 Å². The van der Waals surface area contributed by atoms with E-state index in [2.05, 4.69) is 4.74 Å². The molecule has 0 saturated carbocycles. The van der Waals surface area contributed by atoms with E-state index in [1.165, 1.54) is 0 Å². The predicted octanol–water partition coefficient (Wildman–Crippen LogP) is 1.76. The topological polar surface area (TPSA) is 9.23 Å². The van der Waals surface area contributed by atoms with Gasteiger partial charge in [-0.2, -0.15) is 0 Å². The molecule has 0 aromatic heterocycles. The molecule has 8 heavy (non-hydrogen) atoms. The lowest BCUT2D eigenvalue weighted by atomic mass is 10.2. The van der Waals surface area contributed by atoms with Gasteiger partial charge in [0.05, 0.1) is 6.61 Å². The standard InChI is InChI=1S/C7H11O/c1-4-5-7(2)6-8-3/h4-5,7H,6H2,1-2H3. The van der Waals surface area contributed by atoms with Crippen LogP contribution in [0.25, 0.3) is 0 Å². The molecule has 0 rings (SSSR count). The quantitative estimate of drug-likeness (QED) is 0.504. The maximum atomic E-state index is 6.38. The van der Waals surface area contributed by atoms with Crippen LogP contribution in [0.15, 0.2) is 12.2 Å². The summed E-state index contributed by atoms with van der Waals surface area (Å²) in [5.74, 6) is 0.373. The van der Waals surface area contributed by atoms with Crippen molar-refractivity contribution in [3.63, 3.8) is 0 Å². The van der Waals surface area contributed by atoms with Crippen molar-refractivity contribution in [3.05, 3.63) is 19.3 Å². The van der Waals surface area contributed by atoms with Crippen LogP contribution in [-0.4, -0.2) is 6.61 Å². The summed E-state index contributed by atoms with van der Waals surface area (Å²) in [5, 5.41) is 0. The SMILES string of the molecule is [C]OCC(C)C=CC. The summed E-state index contributed by atoms with van der Waals surface area (Å²) < 4.78 is 4.15. The normalized spacial score (nSPS) is 14.9. The summed E-state index contributed by atoms with van der Waals surface area (Å²) in [5.41, 5.74) is 0. The van der Waals surface area contributed by atoms with Gasteiger partial charge < -0.3 is 4.74 Å². The fourth-order valence-corrected chi connectivity index (χ4v) is 0.516. The summed E-state index contributed by atoms with van der Waals surface area (Å²) in [6.45, 7) is 4.46. The molecule has 1 atom stereocenters. The van der Waals surface area contributed by atoms with E-state index in [0.717, 1.165) is 0 Å². The third-order valence-electron chi connectivity index (χ3n) is 0.867. The Morgan fingerprint density at radius 1 is 1.75 bits per heavy atom. The molecule has 3 radical (unpaired) electrons. The first kappa shape index (κ1) is 7.70. The molecular weight excluding hydrogens is 100 g/mol. The van der Waals surface area contributed by atoms with Gasteiger partial charge in [-0.3, -0.25) is 0 Å². The summed E-state index contributed by atoms with van der Waals surface area (Å²) >= 11 is 0. The van der Waals surface area contributed by atoms with Crippen LogP contribution in [0.2, 0.25) is 0 Å². The minimum Gasteiger partial charge on any atom is -0.365 e. The van der Waals surface area contributed by atoms with Crippen molar-refractivity contribution in [1.82, 2.24) is 0 Å². The van der Waals surface area contributed by atoms with Gasteiger partial charge in [0.25, 0.3) is 0 Å². The Hall–Kier alpha value is -0.300. The monoisotopic (exact) mass is 111 g/mol. The molecule has 45 valence electrons. The molecule has 0 spiro atoms. The second kappa shape index (κ2) is 4.85. The minimum atomic E-state index is 0.373. The third-order valence-corrected chi connectivity index (χ3v) is 0.867. The molecule has 1 unspecified atom stereocenters. The molecule has 0 amide bonds. The molecule has 0 fully saturated rings. The van der Waals surface area contributed by atoms with Crippen LogP contribution in [-0.2, 0) is 4.74 Å². The first-order chi connectivity index (χ1) is 3.81. The molecule has 0 aliphatic heterocycles. The highest BCUT2D eigenvalue weighted by molar-refractivity contribution is 4.82. The number of hydrogen-bond acceptors (Lipinski definition) is 1. The smallest absolute Gasteiger partial charge is 0.173 e. The highest BCUT2D eigenvalue weighted by atomic mass is 16.5. The van der Waals surface area contributed by atoms with Gasteiger partial charge in [-0.1, -0.05) is 19.1 Å². The number of rotatable bonds is 3. The molecule has 0 saturated heterocycles. The van der Waals surface area contributed by atoms with Crippen LogP contribution in [0.1, 0.15) is 13.8 Å². The summed E-state index contributed by atoms with van der Waals surface area (Å²) in [6.07, 6.45) is 3.97. The van der Waals surface area contributed by atoms with Crippen molar-refractivity contribution in [2.45, 2.75) is 13.8 Å². The Kier molecular flexibility index (Phi) is 4.67. The lowest BCUT2D eigenvalue weighted by Gasteiger charge is -2.00. The molecule has 0 aliphatic rings. The number of ether oxygens (including phenoxy) is 1. The van der Waals surface area contributed by atoms with Gasteiger partial charge in [-0.15, -0.1) is 0 Å². The zero-order chi connectivity index (χ0) is 6.41. The van der Waals surface area contributed by atoms with E-state index in [0.29, 0.717) is 12.5 Å². The Labute approximate surface area is 51.4 Å². The van der Waals surface area contributed by atoms with Gasteiger partial charge in [0, 0.05) is 0 Å². The summed E-state index contributed by atoms with van der Waals surface area (Å²) in [7, 11) is 6.38. The van der Waals surface area contributed by atoms with Gasteiger partial charge in [0.15, 0.2) is 7.11 Å². The van der Waals surface area contributed by atoms with Crippen molar-refractivity contribution in [2.75, 3.05) is 6.61 Å². The third kappa shape index (κ3) is 3.88. The average Bonchev–Trinajstić information content (AvgIpc) is 1.68. The van der Waals surface area contributed by atoms with Crippen LogP contribution in [0.3, 0.4) is 0 Å². The van der Waals surface area contributed by atoms with Gasteiger partial charge in [-0.05, 0) is 12.8 Å². The van der Waals surface area contributed by atoms with E-state index in [-0.39, 0.29) is 0 Å². The number of allylic oxidation sites excluding steroid dienone is 1. The second-order valence-electron chi connectivity index (χ2n) is 1.81. The zero-order valence-corrected chi connectivity index (χ0v) is 5.35. The molecule has 0 aromatic carbocycles. The van der Waals surface area contributed by atoms with E-state index in [1.54, 1.807) is 0 Å². The molecular formula is C7H11O.